The van der Waals surface area contributed by atoms with Gasteiger partial charge in [0.1, 0.15) is 0 Å². The lowest BCUT2D eigenvalue weighted by Gasteiger charge is -2.26. The number of nitrogens with two attached hydrogens (primary N) is 1. The maximum atomic E-state index is 12.3. The summed E-state index contributed by atoms with van der Waals surface area (Å²) in [7, 11) is 0. The van der Waals surface area contributed by atoms with Crippen LogP contribution in [0.3, 0.4) is 0 Å². The summed E-state index contributed by atoms with van der Waals surface area (Å²) in [6.07, 6.45) is 3.20. The van der Waals surface area contributed by atoms with Crippen LogP contribution in [0.15, 0.2) is 48.1 Å². The molecule has 0 radical (unpaired) electrons. The lowest BCUT2D eigenvalue weighted by atomic mass is 9.92. The highest BCUT2D eigenvalue weighted by Gasteiger charge is 2.40. The number of rotatable bonds is 4. The molecule has 29 heavy (non-hydrogen) atoms. The molecular weight excluding hydrogens is 392 g/mol. The molecule has 0 bridgehead atoms. The number of anilines is 1. The number of aromatic nitrogens is 7. The number of hydrogen-bond acceptors (Lipinski definition) is 8. The van der Waals surface area contributed by atoms with Crippen molar-refractivity contribution in [3.8, 4) is 10.8 Å². The molecular formula is C18H14N8O2S. The Kier molecular flexibility index (Phi) is 3.61. The summed E-state index contributed by atoms with van der Waals surface area (Å²) < 4.78 is 2.76. The molecule has 0 saturated heterocycles. The van der Waals surface area contributed by atoms with Crippen molar-refractivity contribution < 1.29 is 9.90 Å². The highest BCUT2D eigenvalue weighted by molar-refractivity contribution is 7.13. The van der Waals surface area contributed by atoms with E-state index in [9.17, 15) is 9.90 Å². The van der Waals surface area contributed by atoms with Crippen LogP contribution < -0.4 is 5.73 Å². The zero-order valence-electron chi connectivity index (χ0n) is 15.1. The van der Waals surface area contributed by atoms with Gasteiger partial charge in [-0.2, -0.15) is 14.6 Å². The zero-order valence-corrected chi connectivity index (χ0v) is 15.9. The Balaban J connectivity index is 1.79. The van der Waals surface area contributed by atoms with Gasteiger partial charge in [-0.1, -0.05) is 30.3 Å². The number of fused-ring (bicyclic) bond motifs is 3. The molecule has 4 aromatic heterocycles. The topological polar surface area (TPSA) is 137 Å². The summed E-state index contributed by atoms with van der Waals surface area (Å²) in [5.41, 5.74) is 5.93. The first-order chi connectivity index (χ1) is 14.0. The van der Waals surface area contributed by atoms with Gasteiger partial charge in [0.2, 0.25) is 11.8 Å². The van der Waals surface area contributed by atoms with Gasteiger partial charge >= 0.3 is 5.97 Å². The minimum Gasteiger partial charge on any atom is -0.479 e. The van der Waals surface area contributed by atoms with E-state index in [-0.39, 0.29) is 5.95 Å². The van der Waals surface area contributed by atoms with E-state index in [2.05, 4.69) is 25.1 Å². The number of benzene rings is 1. The second-order valence-electron chi connectivity index (χ2n) is 6.52. The van der Waals surface area contributed by atoms with E-state index in [4.69, 9.17) is 5.73 Å². The van der Waals surface area contributed by atoms with Crippen molar-refractivity contribution >= 4 is 39.9 Å². The van der Waals surface area contributed by atoms with E-state index in [0.29, 0.717) is 33.1 Å². The normalized spacial score (nSPS) is 13.7. The largest absolute Gasteiger partial charge is 0.479 e. The highest BCUT2D eigenvalue weighted by Crippen LogP contribution is 2.31. The minimum atomic E-state index is -1.49. The maximum Gasteiger partial charge on any atom is 0.336 e. The van der Waals surface area contributed by atoms with Crippen LogP contribution in [0.2, 0.25) is 0 Å². The fourth-order valence-electron chi connectivity index (χ4n) is 3.26. The Bertz CT molecular complexity index is 1360. The molecule has 144 valence electrons. The molecule has 11 heteroatoms. The van der Waals surface area contributed by atoms with Gasteiger partial charge < -0.3 is 10.8 Å². The van der Waals surface area contributed by atoms with Crippen molar-refractivity contribution in [2.75, 3.05) is 5.73 Å². The summed E-state index contributed by atoms with van der Waals surface area (Å²) in [5.74, 6) is -0.581. The molecule has 5 rings (SSSR count). The number of carbonyl (C=O) groups is 1. The van der Waals surface area contributed by atoms with Crippen LogP contribution in [0.25, 0.3) is 27.5 Å². The number of hydrogen-bond donors (Lipinski definition) is 2. The molecule has 0 aliphatic carbocycles. The zero-order chi connectivity index (χ0) is 20.2. The molecule has 4 heterocycles. The number of thiazole rings is 1. The lowest BCUT2D eigenvalue weighted by molar-refractivity contribution is -0.144. The van der Waals surface area contributed by atoms with Gasteiger partial charge in [0.05, 0.1) is 11.6 Å². The molecule has 1 atom stereocenters. The Morgan fingerprint density at radius 3 is 2.69 bits per heavy atom. The fourth-order valence-corrected chi connectivity index (χ4v) is 3.82. The Hall–Kier alpha value is -3.86. The number of nitrogen functional groups attached to an aromatic ring is 1. The van der Waals surface area contributed by atoms with E-state index in [1.807, 2.05) is 11.4 Å². The van der Waals surface area contributed by atoms with Crippen LogP contribution in [0.5, 0.6) is 0 Å². The van der Waals surface area contributed by atoms with Gasteiger partial charge in [0.15, 0.2) is 21.8 Å². The Morgan fingerprint density at radius 2 is 2.00 bits per heavy atom. The second kappa shape index (κ2) is 6.07. The molecule has 0 fully saturated rings. The van der Waals surface area contributed by atoms with Crippen LogP contribution in [0.4, 0.5) is 5.95 Å². The third-order valence-electron chi connectivity index (χ3n) is 4.83. The van der Waals surface area contributed by atoms with Crippen molar-refractivity contribution in [1.29, 1.82) is 0 Å². The molecule has 0 saturated carbocycles. The Labute approximate surface area is 167 Å². The van der Waals surface area contributed by atoms with Crippen molar-refractivity contribution in [2.24, 2.45) is 0 Å². The van der Waals surface area contributed by atoms with E-state index in [0.717, 1.165) is 0 Å². The summed E-state index contributed by atoms with van der Waals surface area (Å²) in [4.78, 5) is 25.5. The van der Waals surface area contributed by atoms with E-state index in [1.165, 1.54) is 26.7 Å². The quantitative estimate of drug-likeness (QED) is 0.462. The Morgan fingerprint density at radius 1 is 1.21 bits per heavy atom. The molecule has 1 unspecified atom stereocenters. The smallest absolute Gasteiger partial charge is 0.336 e. The maximum absolute atomic E-state index is 12.3. The predicted molar refractivity (Wildman–Crippen MR) is 106 cm³/mol. The average molecular weight is 406 g/mol. The van der Waals surface area contributed by atoms with Gasteiger partial charge in [0.25, 0.3) is 0 Å². The molecule has 3 N–H and O–H groups in total. The number of nitrogens with zero attached hydrogens (tertiary/aromatic N) is 7. The third kappa shape index (κ3) is 2.41. The predicted octanol–water partition coefficient (Wildman–Crippen LogP) is 2.03. The van der Waals surface area contributed by atoms with Gasteiger partial charge in [-0.15, -0.1) is 16.4 Å². The van der Waals surface area contributed by atoms with Gasteiger partial charge in [-0.25, -0.2) is 19.4 Å². The van der Waals surface area contributed by atoms with Crippen molar-refractivity contribution in [3.63, 3.8) is 0 Å². The first-order valence-corrected chi connectivity index (χ1v) is 9.47. The molecule has 0 aliphatic rings. The first-order valence-electron chi connectivity index (χ1n) is 8.59. The SMILES string of the molecule is CC(C(=O)O)(c1ccccc1)n1ncc2c1nc(N)n1nc(-c3nccs3)nc21. The number of carboxylic acid groups (broad SMARTS) is 1. The summed E-state index contributed by atoms with van der Waals surface area (Å²) in [6.45, 7) is 1.57. The molecule has 1 aromatic carbocycles. The van der Waals surface area contributed by atoms with E-state index in [1.54, 1.807) is 37.4 Å². The summed E-state index contributed by atoms with van der Waals surface area (Å²) in [5, 5.41) is 21.8. The van der Waals surface area contributed by atoms with E-state index < -0.39 is 11.5 Å². The van der Waals surface area contributed by atoms with Crippen molar-refractivity contribution in [1.82, 2.24) is 34.3 Å². The van der Waals surface area contributed by atoms with E-state index >= 15 is 0 Å². The summed E-state index contributed by atoms with van der Waals surface area (Å²) >= 11 is 1.40. The van der Waals surface area contributed by atoms with Crippen molar-refractivity contribution in [3.05, 3.63) is 53.7 Å². The average Bonchev–Trinajstić information content (AvgIpc) is 3.46. The summed E-state index contributed by atoms with van der Waals surface area (Å²) in [6, 6.07) is 8.85. The fraction of sp³-hybridized carbons (Fsp3) is 0.111. The molecule has 0 aliphatic heterocycles. The van der Waals surface area contributed by atoms with Gasteiger partial charge in [-0.3, -0.25) is 0 Å². The number of carboxylic acids is 1. The third-order valence-corrected chi connectivity index (χ3v) is 5.60. The first kappa shape index (κ1) is 17.3. The van der Waals surface area contributed by atoms with Crippen LogP contribution >= 0.6 is 11.3 Å². The van der Waals surface area contributed by atoms with Gasteiger partial charge in [0, 0.05) is 11.6 Å². The second-order valence-corrected chi connectivity index (χ2v) is 7.41. The lowest BCUT2D eigenvalue weighted by Crippen LogP contribution is -2.41. The molecule has 0 spiro atoms. The van der Waals surface area contributed by atoms with Crippen LogP contribution in [-0.4, -0.2) is 45.4 Å². The van der Waals surface area contributed by atoms with Crippen LogP contribution in [0, 0.1) is 0 Å². The van der Waals surface area contributed by atoms with Crippen LogP contribution in [-0.2, 0) is 10.3 Å². The van der Waals surface area contributed by atoms with Crippen molar-refractivity contribution in [2.45, 2.75) is 12.5 Å². The molecule has 10 nitrogen and oxygen atoms in total. The van der Waals surface area contributed by atoms with Gasteiger partial charge in [-0.05, 0) is 12.5 Å². The minimum absolute atomic E-state index is 0.0744. The molecule has 5 aromatic rings. The number of aliphatic carboxylic acids is 1. The highest BCUT2D eigenvalue weighted by atomic mass is 32.1. The molecule has 0 amide bonds. The standard InChI is InChI=1S/C18H14N8O2S/c1-18(16(27)28,10-5-3-2-4-6-10)26-14-11(9-21-26)13-22-12(15-20-7-8-29-15)24-25(13)17(19)23-14/h2-9H,1H3,(H2,19,23)(H,27,28). The monoisotopic (exact) mass is 406 g/mol. The van der Waals surface area contributed by atoms with Crippen LogP contribution in [0.1, 0.15) is 12.5 Å².